The van der Waals surface area contributed by atoms with Gasteiger partial charge in [0, 0.05) is 12.6 Å². The number of likely N-dealkylation sites (tertiary alicyclic amines) is 2. The molecule has 0 bridgehead atoms. The largest absolute Gasteiger partial charge is 0.338 e. The molecule has 0 aromatic rings. The SMILES string of the molecule is CNCC1CCN(CC(=O)N2CCCC3CCCCC32)CC1.Cl. The first-order chi connectivity index (χ1) is 10.8. The van der Waals surface area contributed by atoms with E-state index in [2.05, 4.69) is 15.1 Å². The summed E-state index contributed by atoms with van der Waals surface area (Å²) in [7, 11) is 2.03. The van der Waals surface area contributed by atoms with Gasteiger partial charge in [0.25, 0.3) is 0 Å². The maximum atomic E-state index is 12.8. The van der Waals surface area contributed by atoms with E-state index in [4.69, 9.17) is 0 Å². The van der Waals surface area contributed by atoms with Crippen molar-refractivity contribution in [1.82, 2.24) is 15.1 Å². The molecule has 1 saturated carbocycles. The lowest BCUT2D eigenvalue weighted by atomic mass is 9.78. The predicted octanol–water partition coefficient (Wildman–Crippen LogP) is 2.52. The molecule has 1 aliphatic carbocycles. The van der Waals surface area contributed by atoms with Crippen molar-refractivity contribution in [1.29, 1.82) is 0 Å². The Morgan fingerprint density at radius 3 is 2.43 bits per heavy atom. The van der Waals surface area contributed by atoms with Crippen LogP contribution in [-0.4, -0.2) is 61.5 Å². The van der Waals surface area contributed by atoms with Crippen LogP contribution in [0.4, 0.5) is 0 Å². The van der Waals surface area contributed by atoms with Crippen LogP contribution in [0.1, 0.15) is 51.4 Å². The second-order valence-corrected chi connectivity index (χ2v) is 7.62. The highest BCUT2D eigenvalue weighted by Gasteiger charge is 2.36. The van der Waals surface area contributed by atoms with Crippen molar-refractivity contribution in [2.75, 3.05) is 39.8 Å². The fourth-order valence-electron chi connectivity index (χ4n) is 4.85. The van der Waals surface area contributed by atoms with Crippen LogP contribution in [0.3, 0.4) is 0 Å². The zero-order chi connectivity index (χ0) is 15.4. The molecule has 0 aromatic heterocycles. The fourth-order valence-corrected chi connectivity index (χ4v) is 4.85. The molecule has 2 heterocycles. The van der Waals surface area contributed by atoms with Gasteiger partial charge in [0.2, 0.25) is 5.91 Å². The summed E-state index contributed by atoms with van der Waals surface area (Å²) < 4.78 is 0. The third kappa shape index (κ3) is 4.83. The minimum atomic E-state index is 0. The molecular formula is C18H34ClN3O. The summed E-state index contributed by atoms with van der Waals surface area (Å²) in [6.45, 7) is 4.99. The van der Waals surface area contributed by atoms with Gasteiger partial charge in [-0.15, -0.1) is 12.4 Å². The molecule has 3 rings (SSSR count). The number of piperidine rings is 2. The number of nitrogens with zero attached hydrogens (tertiary/aromatic N) is 2. The second kappa shape index (κ2) is 9.24. The molecule has 134 valence electrons. The van der Waals surface area contributed by atoms with Crippen LogP contribution in [0.25, 0.3) is 0 Å². The van der Waals surface area contributed by atoms with Gasteiger partial charge in [0.05, 0.1) is 6.54 Å². The Balaban J connectivity index is 0.00000192. The molecule has 2 aliphatic heterocycles. The van der Waals surface area contributed by atoms with E-state index < -0.39 is 0 Å². The molecule has 1 amide bonds. The van der Waals surface area contributed by atoms with Crippen LogP contribution in [0.5, 0.6) is 0 Å². The Hall–Kier alpha value is -0.320. The summed E-state index contributed by atoms with van der Waals surface area (Å²) in [6.07, 6.45) is 10.3. The Labute approximate surface area is 147 Å². The molecule has 2 atom stereocenters. The maximum Gasteiger partial charge on any atom is 0.237 e. The molecule has 0 spiro atoms. The molecule has 5 heteroatoms. The minimum absolute atomic E-state index is 0. The number of fused-ring (bicyclic) bond motifs is 1. The van der Waals surface area contributed by atoms with Crippen LogP contribution in [0, 0.1) is 11.8 Å². The van der Waals surface area contributed by atoms with Gasteiger partial charge in [0.15, 0.2) is 0 Å². The van der Waals surface area contributed by atoms with Gasteiger partial charge in [-0.2, -0.15) is 0 Å². The normalized spacial score (nSPS) is 29.7. The Kier molecular flexibility index (Phi) is 7.64. The molecule has 0 radical (unpaired) electrons. The van der Waals surface area contributed by atoms with Crippen LogP contribution >= 0.6 is 12.4 Å². The molecule has 4 nitrogen and oxygen atoms in total. The van der Waals surface area contributed by atoms with Crippen LogP contribution in [0.15, 0.2) is 0 Å². The number of amides is 1. The minimum Gasteiger partial charge on any atom is -0.338 e. The lowest BCUT2D eigenvalue weighted by Crippen LogP contribution is -2.53. The van der Waals surface area contributed by atoms with Crippen LogP contribution in [0.2, 0.25) is 0 Å². The molecule has 2 unspecified atom stereocenters. The first-order valence-corrected chi connectivity index (χ1v) is 9.44. The fraction of sp³-hybridized carbons (Fsp3) is 0.944. The second-order valence-electron chi connectivity index (χ2n) is 7.62. The van der Waals surface area contributed by atoms with Crippen molar-refractivity contribution in [3.63, 3.8) is 0 Å². The lowest BCUT2D eigenvalue weighted by Gasteiger charge is -2.45. The van der Waals surface area contributed by atoms with E-state index in [1.165, 1.54) is 51.4 Å². The number of hydrogen-bond donors (Lipinski definition) is 1. The third-order valence-corrected chi connectivity index (χ3v) is 6.12. The standard InChI is InChI=1S/C18H33N3O.ClH/c1-19-13-15-8-11-20(12-9-15)14-18(22)21-10-4-6-16-5-2-3-7-17(16)21;/h15-17,19H,2-14H2,1H3;1H. The molecule has 1 N–H and O–H groups in total. The van der Waals surface area contributed by atoms with Crippen molar-refractivity contribution in [2.45, 2.75) is 57.4 Å². The lowest BCUT2D eigenvalue weighted by molar-refractivity contribution is -0.139. The van der Waals surface area contributed by atoms with Crippen LogP contribution < -0.4 is 5.32 Å². The average molecular weight is 344 g/mol. The van der Waals surface area contributed by atoms with E-state index in [0.717, 1.165) is 38.0 Å². The number of hydrogen-bond acceptors (Lipinski definition) is 3. The number of rotatable bonds is 4. The number of carbonyl (C=O) groups is 1. The molecular weight excluding hydrogens is 310 g/mol. The molecule has 3 aliphatic rings. The monoisotopic (exact) mass is 343 g/mol. The van der Waals surface area contributed by atoms with Gasteiger partial charge < -0.3 is 10.2 Å². The zero-order valence-corrected chi connectivity index (χ0v) is 15.5. The quantitative estimate of drug-likeness (QED) is 0.852. The molecule has 2 saturated heterocycles. The highest BCUT2D eigenvalue weighted by molar-refractivity contribution is 5.85. The van der Waals surface area contributed by atoms with Crippen molar-refractivity contribution in [3.05, 3.63) is 0 Å². The zero-order valence-electron chi connectivity index (χ0n) is 14.6. The average Bonchev–Trinajstić information content (AvgIpc) is 2.56. The number of nitrogens with one attached hydrogen (secondary N) is 1. The highest BCUT2D eigenvalue weighted by Crippen LogP contribution is 2.35. The van der Waals surface area contributed by atoms with Gasteiger partial charge in [0.1, 0.15) is 0 Å². The number of carbonyl (C=O) groups excluding carboxylic acids is 1. The van der Waals surface area contributed by atoms with E-state index in [1.54, 1.807) is 0 Å². The van der Waals surface area contributed by atoms with E-state index in [-0.39, 0.29) is 12.4 Å². The summed E-state index contributed by atoms with van der Waals surface area (Å²) in [5, 5.41) is 3.28. The summed E-state index contributed by atoms with van der Waals surface area (Å²) >= 11 is 0. The van der Waals surface area contributed by atoms with Gasteiger partial charge in [-0.3, -0.25) is 9.69 Å². The van der Waals surface area contributed by atoms with Gasteiger partial charge in [-0.1, -0.05) is 12.8 Å². The third-order valence-electron chi connectivity index (χ3n) is 6.12. The first-order valence-electron chi connectivity index (χ1n) is 9.44. The maximum absolute atomic E-state index is 12.8. The highest BCUT2D eigenvalue weighted by atomic mass is 35.5. The van der Waals surface area contributed by atoms with E-state index in [0.29, 0.717) is 18.5 Å². The molecule has 3 fully saturated rings. The summed E-state index contributed by atoms with van der Waals surface area (Å²) in [5.74, 6) is 2.01. The van der Waals surface area contributed by atoms with E-state index in [9.17, 15) is 4.79 Å². The van der Waals surface area contributed by atoms with Crippen molar-refractivity contribution in [3.8, 4) is 0 Å². The summed E-state index contributed by atoms with van der Waals surface area (Å²) in [5.41, 5.74) is 0. The van der Waals surface area contributed by atoms with Gasteiger partial charge in [-0.25, -0.2) is 0 Å². The smallest absolute Gasteiger partial charge is 0.237 e. The summed E-state index contributed by atoms with van der Waals surface area (Å²) in [6, 6.07) is 0.567. The number of halogens is 1. The van der Waals surface area contributed by atoms with Crippen LogP contribution in [-0.2, 0) is 4.79 Å². The summed E-state index contributed by atoms with van der Waals surface area (Å²) in [4.78, 5) is 17.4. The Morgan fingerprint density at radius 2 is 1.70 bits per heavy atom. The van der Waals surface area contributed by atoms with Gasteiger partial charge in [-0.05, 0) is 77.0 Å². The Morgan fingerprint density at radius 1 is 1.00 bits per heavy atom. The molecule has 23 heavy (non-hydrogen) atoms. The van der Waals surface area contributed by atoms with E-state index in [1.807, 2.05) is 7.05 Å². The van der Waals surface area contributed by atoms with Crippen molar-refractivity contribution in [2.24, 2.45) is 11.8 Å². The molecule has 0 aromatic carbocycles. The Bertz CT molecular complexity index is 369. The predicted molar refractivity (Wildman–Crippen MR) is 97.0 cm³/mol. The van der Waals surface area contributed by atoms with Gasteiger partial charge >= 0.3 is 0 Å². The van der Waals surface area contributed by atoms with E-state index >= 15 is 0 Å². The first kappa shape index (κ1) is 19.0. The topological polar surface area (TPSA) is 35.6 Å². The van der Waals surface area contributed by atoms with Crippen molar-refractivity contribution >= 4 is 18.3 Å². The van der Waals surface area contributed by atoms with Crippen molar-refractivity contribution < 1.29 is 4.79 Å².